The van der Waals surface area contributed by atoms with Crippen molar-refractivity contribution < 1.29 is 28.7 Å². The zero-order valence-corrected chi connectivity index (χ0v) is 22.2. The first kappa shape index (κ1) is 27.6. The van der Waals surface area contributed by atoms with Crippen molar-refractivity contribution in [2.75, 3.05) is 26.9 Å². The molecule has 0 saturated heterocycles. The van der Waals surface area contributed by atoms with E-state index in [0.717, 1.165) is 5.56 Å². The molecule has 0 aliphatic heterocycles. The Hall–Kier alpha value is -2.60. The SMILES string of the molecule is COCCNC(=O)c1ccc(-c2nc(C(=O)NC(CO[Si](C)(C)C(C)(C)C)C(=O)O)cs2)cc1. The molecule has 1 aromatic heterocycles. The Kier molecular flexibility index (Phi) is 9.51. The number of methoxy groups -OCH3 is 1. The van der Waals surface area contributed by atoms with Crippen LogP contribution in [0.2, 0.25) is 18.1 Å². The molecule has 0 aliphatic rings. The number of aliphatic carboxylic acids is 1. The number of nitrogens with one attached hydrogen (secondary N) is 2. The number of hydrogen-bond donors (Lipinski definition) is 3. The van der Waals surface area contributed by atoms with Crippen molar-refractivity contribution in [1.82, 2.24) is 15.6 Å². The van der Waals surface area contributed by atoms with E-state index in [-0.39, 0.29) is 23.2 Å². The van der Waals surface area contributed by atoms with Gasteiger partial charge in [-0.1, -0.05) is 32.9 Å². The predicted molar refractivity (Wildman–Crippen MR) is 134 cm³/mol. The van der Waals surface area contributed by atoms with Crippen LogP contribution >= 0.6 is 11.3 Å². The molecule has 1 unspecified atom stereocenters. The first-order valence-electron chi connectivity index (χ1n) is 10.9. The number of amides is 2. The van der Waals surface area contributed by atoms with Gasteiger partial charge >= 0.3 is 5.97 Å². The summed E-state index contributed by atoms with van der Waals surface area (Å²) in [5, 5.41) is 16.9. The van der Waals surface area contributed by atoms with Crippen LogP contribution in [0.25, 0.3) is 10.6 Å². The van der Waals surface area contributed by atoms with Crippen LogP contribution in [0.15, 0.2) is 29.6 Å². The van der Waals surface area contributed by atoms with Crippen molar-refractivity contribution in [3.63, 3.8) is 0 Å². The minimum atomic E-state index is -2.17. The number of aromatic nitrogens is 1. The lowest BCUT2D eigenvalue weighted by Crippen LogP contribution is -2.49. The van der Waals surface area contributed by atoms with Crippen LogP contribution in [0, 0.1) is 0 Å². The molecule has 3 N–H and O–H groups in total. The standard InChI is InChI=1S/C23H33N3O6SSi/c1-23(2,3)34(5,6)32-13-17(22(29)30)25-20(28)18-14-33-21(26-18)16-9-7-15(8-10-16)19(27)24-11-12-31-4/h7-10,14,17H,11-13H2,1-6H3,(H,24,27)(H,25,28)(H,29,30). The van der Waals surface area contributed by atoms with Crippen molar-refractivity contribution in [2.24, 2.45) is 0 Å². The number of carbonyl (C=O) groups excluding carboxylic acids is 2. The monoisotopic (exact) mass is 507 g/mol. The van der Waals surface area contributed by atoms with Gasteiger partial charge in [0.15, 0.2) is 8.32 Å². The van der Waals surface area contributed by atoms with Crippen molar-refractivity contribution in [2.45, 2.75) is 44.9 Å². The fourth-order valence-corrected chi connectivity index (χ4v) is 4.38. The number of carboxylic acids is 1. The maximum absolute atomic E-state index is 12.7. The number of benzene rings is 1. The Labute approximate surface area is 205 Å². The van der Waals surface area contributed by atoms with Crippen molar-refractivity contribution in [3.8, 4) is 10.6 Å². The summed E-state index contributed by atoms with van der Waals surface area (Å²) in [6, 6.07) is 5.68. The largest absolute Gasteiger partial charge is 0.480 e. The second-order valence-corrected chi connectivity index (χ2v) is 15.0. The van der Waals surface area contributed by atoms with Gasteiger partial charge in [-0.15, -0.1) is 11.3 Å². The van der Waals surface area contributed by atoms with Crippen LogP contribution in [0.4, 0.5) is 0 Å². The molecule has 2 rings (SSSR count). The van der Waals surface area contributed by atoms with E-state index in [1.165, 1.54) is 11.3 Å². The summed E-state index contributed by atoms with van der Waals surface area (Å²) in [4.78, 5) is 40.8. The van der Waals surface area contributed by atoms with Crippen LogP contribution in [0.1, 0.15) is 41.6 Å². The summed E-state index contributed by atoms with van der Waals surface area (Å²) in [6.45, 7) is 11.0. The van der Waals surface area contributed by atoms with Crippen LogP contribution in [0.3, 0.4) is 0 Å². The predicted octanol–water partition coefficient (Wildman–Crippen LogP) is 3.39. The number of carbonyl (C=O) groups is 3. The van der Waals surface area contributed by atoms with E-state index in [1.807, 2.05) is 13.1 Å². The summed E-state index contributed by atoms with van der Waals surface area (Å²) in [6.07, 6.45) is 0. The average Bonchev–Trinajstić information content (AvgIpc) is 3.26. The molecule has 0 spiro atoms. The number of carboxylic acid groups (broad SMARTS) is 1. The maximum atomic E-state index is 12.7. The third kappa shape index (κ3) is 7.45. The zero-order chi connectivity index (χ0) is 25.5. The molecule has 2 amide bonds. The van der Waals surface area contributed by atoms with E-state index in [0.29, 0.717) is 23.7 Å². The normalized spacial score (nSPS) is 12.8. The van der Waals surface area contributed by atoms with Crippen molar-refractivity contribution in [3.05, 3.63) is 40.9 Å². The van der Waals surface area contributed by atoms with Gasteiger partial charge in [0.25, 0.3) is 11.8 Å². The van der Waals surface area contributed by atoms with Crippen LogP contribution in [-0.2, 0) is 14.0 Å². The first-order chi connectivity index (χ1) is 15.9. The molecule has 0 aliphatic carbocycles. The molecule has 0 bridgehead atoms. The molecule has 2 aromatic rings. The van der Waals surface area contributed by atoms with E-state index >= 15 is 0 Å². The Balaban J connectivity index is 2.03. The minimum absolute atomic E-state index is 0.0793. The highest BCUT2D eigenvalue weighted by molar-refractivity contribution is 7.13. The highest BCUT2D eigenvalue weighted by atomic mass is 32.1. The van der Waals surface area contributed by atoms with Gasteiger partial charge in [0, 0.05) is 30.2 Å². The molecule has 0 fully saturated rings. The summed E-state index contributed by atoms with van der Waals surface area (Å²) in [5.41, 5.74) is 1.37. The quantitative estimate of drug-likeness (QED) is 0.314. The highest BCUT2D eigenvalue weighted by Gasteiger charge is 2.38. The topological polar surface area (TPSA) is 127 Å². The fourth-order valence-electron chi connectivity index (χ4n) is 2.56. The third-order valence-corrected chi connectivity index (χ3v) is 11.1. The maximum Gasteiger partial charge on any atom is 0.328 e. The Morgan fingerprint density at radius 1 is 1.15 bits per heavy atom. The summed E-state index contributed by atoms with van der Waals surface area (Å²) in [5.74, 6) is -1.95. The number of thiazole rings is 1. The van der Waals surface area contributed by atoms with E-state index in [9.17, 15) is 19.5 Å². The van der Waals surface area contributed by atoms with Gasteiger partial charge in [0.2, 0.25) is 0 Å². The van der Waals surface area contributed by atoms with Gasteiger partial charge in [0.05, 0.1) is 13.2 Å². The molecule has 11 heteroatoms. The second kappa shape index (κ2) is 11.7. The molecule has 1 heterocycles. The molecule has 0 saturated carbocycles. The van der Waals surface area contributed by atoms with E-state index in [2.05, 4.69) is 36.4 Å². The second-order valence-electron chi connectivity index (χ2n) is 9.30. The fraction of sp³-hybridized carbons (Fsp3) is 0.478. The number of hydrogen-bond acceptors (Lipinski definition) is 7. The van der Waals surface area contributed by atoms with Gasteiger partial charge in [-0.05, 0) is 30.3 Å². The lowest BCUT2D eigenvalue weighted by atomic mass is 10.1. The molecule has 34 heavy (non-hydrogen) atoms. The van der Waals surface area contributed by atoms with Crippen LogP contribution in [0.5, 0.6) is 0 Å². The molecule has 1 atom stereocenters. The molecule has 0 radical (unpaired) electrons. The van der Waals surface area contributed by atoms with Crippen LogP contribution in [-0.4, -0.2) is 69.1 Å². The van der Waals surface area contributed by atoms with E-state index < -0.39 is 26.2 Å². The zero-order valence-electron chi connectivity index (χ0n) is 20.4. The third-order valence-electron chi connectivity index (χ3n) is 5.74. The molecule has 1 aromatic carbocycles. The van der Waals surface area contributed by atoms with Crippen molar-refractivity contribution >= 4 is 37.4 Å². The van der Waals surface area contributed by atoms with Crippen molar-refractivity contribution in [1.29, 1.82) is 0 Å². The van der Waals surface area contributed by atoms with Gasteiger partial charge < -0.3 is 24.9 Å². The molecular formula is C23H33N3O6SSi. The average molecular weight is 508 g/mol. The number of ether oxygens (including phenoxy) is 1. The number of nitrogens with zero attached hydrogens (tertiary/aromatic N) is 1. The van der Waals surface area contributed by atoms with Crippen LogP contribution < -0.4 is 10.6 Å². The molecule has 9 nitrogen and oxygen atoms in total. The number of rotatable bonds is 11. The Morgan fingerprint density at radius 2 is 1.79 bits per heavy atom. The van der Waals surface area contributed by atoms with Gasteiger partial charge in [-0.2, -0.15) is 0 Å². The summed E-state index contributed by atoms with van der Waals surface area (Å²) >= 11 is 1.26. The van der Waals surface area contributed by atoms with E-state index in [1.54, 1.807) is 36.8 Å². The summed E-state index contributed by atoms with van der Waals surface area (Å²) in [7, 11) is -0.605. The highest BCUT2D eigenvalue weighted by Crippen LogP contribution is 2.36. The van der Waals surface area contributed by atoms with Gasteiger partial charge in [-0.25, -0.2) is 9.78 Å². The molecular weight excluding hydrogens is 474 g/mol. The Morgan fingerprint density at radius 3 is 2.35 bits per heavy atom. The van der Waals surface area contributed by atoms with E-state index in [4.69, 9.17) is 9.16 Å². The molecule has 186 valence electrons. The minimum Gasteiger partial charge on any atom is -0.480 e. The lowest BCUT2D eigenvalue weighted by molar-refractivity contribution is -0.140. The lowest BCUT2D eigenvalue weighted by Gasteiger charge is -2.36. The Bertz CT molecular complexity index is 1000. The summed E-state index contributed by atoms with van der Waals surface area (Å²) < 4.78 is 10.9. The smallest absolute Gasteiger partial charge is 0.328 e. The first-order valence-corrected chi connectivity index (χ1v) is 14.6. The van der Waals surface area contributed by atoms with Gasteiger partial charge in [0.1, 0.15) is 16.7 Å². The van der Waals surface area contributed by atoms with Gasteiger partial charge in [-0.3, -0.25) is 9.59 Å².